The van der Waals surface area contributed by atoms with Crippen molar-refractivity contribution in [3.63, 3.8) is 0 Å². The Kier molecular flexibility index (Phi) is 6.58. The van der Waals surface area contributed by atoms with Crippen molar-refractivity contribution in [2.45, 2.75) is 44.2 Å². The van der Waals surface area contributed by atoms with Gasteiger partial charge in [0.05, 0.1) is 11.2 Å². The van der Waals surface area contributed by atoms with E-state index < -0.39 is 17.7 Å². The maximum Gasteiger partial charge on any atom is 0.408 e. The molecule has 0 unspecified atom stereocenters. The molecule has 1 aliphatic carbocycles. The number of carbonyl (C=O) groups is 2. The van der Waals surface area contributed by atoms with E-state index in [1.807, 2.05) is 12.1 Å². The Morgan fingerprint density at radius 2 is 1.76 bits per heavy atom. The number of aromatic hydroxyl groups is 1. The molecule has 4 rings (SSSR count). The number of benzene rings is 2. The molecule has 7 heteroatoms. The normalized spacial score (nSPS) is 15.4. The van der Waals surface area contributed by atoms with Crippen LogP contribution in [0.1, 0.15) is 60.2 Å². The second kappa shape index (κ2) is 9.73. The molecular formula is C26H27N3O4. The molecule has 7 nitrogen and oxygen atoms in total. The zero-order chi connectivity index (χ0) is 23.3. The molecule has 1 atom stereocenters. The van der Waals surface area contributed by atoms with E-state index >= 15 is 0 Å². The number of phenols is 1. The van der Waals surface area contributed by atoms with E-state index in [0.29, 0.717) is 11.3 Å². The summed E-state index contributed by atoms with van der Waals surface area (Å²) in [5.74, 6) is -0.337. The first-order chi connectivity index (χ1) is 16.0. The number of carbonyl (C=O) groups excluding carboxylic acids is 2. The fourth-order valence-electron chi connectivity index (χ4n) is 4.24. The van der Waals surface area contributed by atoms with Gasteiger partial charge in [-0.05, 0) is 61.2 Å². The van der Waals surface area contributed by atoms with Crippen molar-refractivity contribution in [3.8, 4) is 5.75 Å². The van der Waals surface area contributed by atoms with Crippen molar-refractivity contribution >= 4 is 17.7 Å². The summed E-state index contributed by atoms with van der Waals surface area (Å²) >= 11 is 0. The zero-order valence-corrected chi connectivity index (χ0v) is 18.5. The number of phenolic OH excluding ortho intramolecular Hbond substituents is 1. The predicted molar refractivity (Wildman–Crippen MR) is 125 cm³/mol. The molecule has 0 radical (unpaired) electrons. The lowest BCUT2D eigenvalue weighted by Crippen LogP contribution is -2.44. The molecule has 3 aromatic rings. The average Bonchev–Trinajstić information content (AvgIpc) is 3.30. The highest BCUT2D eigenvalue weighted by molar-refractivity contribution is 6.05. The summed E-state index contributed by atoms with van der Waals surface area (Å²) < 4.78 is 5.65. The molecule has 0 bridgehead atoms. The topological polar surface area (TPSA) is 101 Å². The highest BCUT2D eigenvalue weighted by atomic mass is 16.6. The van der Waals surface area contributed by atoms with Crippen LogP contribution in [0, 0.1) is 0 Å². The molecule has 0 aliphatic heterocycles. The zero-order valence-electron chi connectivity index (χ0n) is 18.5. The molecule has 2 aromatic carbocycles. The first kappa shape index (κ1) is 22.3. The lowest BCUT2D eigenvalue weighted by molar-refractivity contribution is 0.0954. The number of alkyl carbamates (subject to hydrolysis) is 1. The second-order valence-corrected chi connectivity index (χ2v) is 8.30. The minimum Gasteiger partial charge on any atom is -0.506 e. The quantitative estimate of drug-likeness (QED) is 0.447. The monoisotopic (exact) mass is 445 g/mol. The summed E-state index contributed by atoms with van der Waals surface area (Å²) in [7, 11) is 0. The Bertz CT molecular complexity index is 1110. The second-order valence-electron chi connectivity index (χ2n) is 8.30. The van der Waals surface area contributed by atoms with E-state index in [2.05, 4.69) is 15.6 Å². The number of hydrogen-bond donors (Lipinski definition) is 3. The molecule has 1 saturated carbocycles. The Hall–Kier alpha value is -3.87. The molecule has 1 aromatic heterocycles. The van der Waals surface area contributed by atoms with Gasteiger partial charge in [0.2, 0.25) is 0 Å². The summed E-state index contributed by atoms with van der Waals surface area (Å²) in [5.41, 5.74) is 2.09. The Morgan fingerprint density at radius 1 is 1.03 bits per heavy atom. The van der Waals surface area contributed by atoms with Crippen LogP contribution in [0.2, 0.25) is 0 Å². The molecule has 2 amide bonds. The van der Waals surface area contributed by atoms with Crippen LogP contribution in [0.3, 0.4) is 0 Å². The predicted octanol–water partition coefficient (Wildman–Crippen LogP) is 5.30. The Balaban J connectivity index is 1.38. The lowest BCUT2D eigenvalue weighted by Gasteiger charge is -2.30. The summed E-state index contributed by atoms with van der Waals surface area (Å²) in [6.45, 7) is 1.79. The smallest absolute Gasteiger partial charge is 0.408 e. The maximum atomic E-state index is 12.7. The van der Waals surface area contributed by atoms with Gasteiger partial charge in [-0.15, -0.1) is 0 Å². The largest absolute Gasteiger partial charge is 0.506 e. The highest BCUT2D eigenvalue weighted by Crippen LogP contribution is 2.38. The fraction of sp³-hybridized carbons (Fsp3) is 0.269. The number of pyridine rings is 1. The van der Waals surface area contributed by atoms with Gasteiger partial charge < -0.3 is 20.5 Å². The number of amides is 2. The number of anilines is 1. The van der Waals surface area contributed by atoms with Crippen LogP contribution in [-0.4, -0.2) is 22.1 Å². The first-order valence-corrected chi connectivity index (χ1v) is 11.1. The summed E-state index contributed by atoms with van der Waals surface area (Å²) in [6.07, 6.45) is 6.32. The highest BCUT2D eigenvalue weighted by Gasteiger charge is 2.38. The SMILES string of the molecule is C[C@H](OC(=O)NC1(c2cccnc2)CCCC1)c1ccc(C(=O)Nc2ccccc2O)cc1. The summed E-state index contributed by atoms with van der Waals surface area (Å²) in [5, 5.41) is 15.6. The van der Waals surface area contributed by atoms with Gasteiger partial charge >= 0.3 is 6.09 Å². The maximum absolute atomic E-state index is 12.7. The van der Waals surface area contributed by atoms with E-state index in [1.165, 1.54) is 6.07 Å². The third kappa shape index (κ3) is 5.14. The number of nitrogens with one attached hydrogen (secondary N) is 2. The molecule has 33 heavy (non-hydrogen) atoms. The molecular weight excluding hydrogens is 418 g/mol. The summed E-state index contributed by atoms with van der Waals surface area (Å²) in [4.78, 5) is 29.4. The van der Waals surface area contributed by atoms with Gasteiger partial charge in [-0.1, -0.05) is 43.2 Å². The van der Waals surface area contributed by atoms with E-state index in [0.717, 1.165) is 36.8 Å². The van der Waals surface area contributed by atoms with Crippen molar-refractivity contribution in [2.24, 2.45) is 0 Å². The van der Waals surface area contributed by atoms with Crippen molar-refractivity contribution in [2.75, 3.05) is 5.32 Å². The number of hydrogen-bond acceptors (Lipinski definition) is 5. The third-order valence-electron chi connectivity index (χ3n) is 6.09. The van der Waals surface area contributed by atoms with Gasteiger partial charge in [0, 0.05) is 18.0 Å². The number of ether oxygens (including phenoxy) is 1. The van der Waals surface area contributed by atoms with Crippen molar-refractivity contribution in [1.82, 2.24) is 10.3 Å². The van der Waals surface area contributed by atoms with E-state index in [4.69, 9.17) is 4.74 Å². The van der Waals surface area contributed by atoms with Crippen molar-refractivity contribution in [3.05, 3.63) is 89.7 Å². The van der Waals surface area contributed by atoms with Gasteiger partial charge in [-0.3, -0.25) is 9.78 Å². The lowest BCUT2D eigenvalue weighted by atomic mass is 9.89. The van der Waals surface area contributed by atoms with E-state index in [9.17, 15) is 14.7 Å². The Morgan fingerprint density at radius 3 is 2.42 bits per heavy atom. The van der Waals surface area contributed by atoms with Gasteiger partial charge in [-0.2, -0.15) is 0 Å². The van der Waals surface area contributed by atoms with Gasteiger partial charge in [-0.25, -0.2) is 4.79 Å². The minimum atomic E-state index is -0.493. The average molecular weight is 446 g/mol. The van der Waals surface area contributed by atoms with Gasteiger partial charge in [0.25, 0.3) is 5.91 Å². The molecule has 0 spiro atoms. The van der Waals surface area contributed by atoms with Crippen molar-refractivity contribution < 1.29 is 19.4 Å². The molecule has 1 aliphatic rings. The van der Waals surface area contributed by atoms with Crippen molar-refractivity contribution in [1.29, 1.82) is 0 Å². The minimum absolute atomic E-state index is 0.00169. The summed E-state index contributed by atoms with van der Waals surface area (Å²) in [6, 6.07) is 17.2. The third-order valence-corrected chi connectivity index (χ3v) is 6.09. The Labute approximate surface area is 192 Å². The van der Waals surface area contributed by atoms with Crippen LogP contribution in [-0.2, 0) is 10.3 Å². The van der Waals surface area contributed by atoms with Gasteiger partial charge in [0.1, 0.15) is 11.9 Å². The van der Waals surface area contributed by atoms with Crippen LogP contribution < -0.4 is 10.6 Å². The molecule has 1 heterocycles. The first-order valence-electron chi connectivity index (χ1n) is 11.1. The molecule has 0 saturated heterocycles. The van der Waals surface area contributed by atoms with Crippen LogP contribution in [0.15, 0.2) is 73.1 Å². The molecule has 170 valence electrons. The number of para-hydroxylation sites is 2. The van der Waals surface area contributed by atoms with E-state index in [1.54, 1.807) is 61.8 Å². The van der Waals surface area contributed by atoms with Gasteiger partial charge in [0.15, 0.2) is 0 Å². The number of nitrogens with zero attached hydrogens (tertiary/aromatic N) is 1. The number of rotatable bonds is 6. The standard InChI is InChI=1S/C26H27N3O4/c1-18(33-25(32)29-26(14-4-5-15-26)21-7-6-16-27-17-21)19-10-12-20(13-11-19)24(31)28-22-8-2-3-9-23(22)30/h2-3,6-13,16-18,30H,4-5,14-15H2,1H3,(H,28,31)(H,29,32)/t18-/m0/s1. The van der Waals surface area contributed by atoms with Crippen LogP contribution in [0.25, 0.3) is 0 Å². The van der Waals surface area contributed by atoms with Crippen LogP contribution >= 0.6 is 0 Å². The molecule has 3 N–H and O–H groups in total. The van der Waals surface area contributed by atoms with Crippen LogP contribution in [0.5, 0.6) is 5.75 Å². The molecule has 1 fully saturated rings. The number of aromatic nitrogens is 1. The van der Waals surface area contributed by atoms with E-state index in [-0.39, 0.29) is 11.7 Å². The van der Waals surface area contributed by atoms with Crippen LogP contribution in [0.4, 0.5) is 10.5 Å². The fourth-order valence-corrected chi connectivity index (χ4v) is 4.24.